The van der Waals surface area contributed by atoms with Crippen LogP contribution in [-0.2, 0) is 6.54 Å². The molecule has 1 saturated heterocycles. The van der Waals surface area contributed by atoms with E-state index in [4.69, 9.17) is 4.42 Å². The summed E-state index contributed by atoms with van der Waals surface area (Å²) in [5.41, 5.74) is 0.382. The molecule has 1 aromatic rings. The summed E-state index contributed by atoms with van der Waals surface area (Å²) in [5, 5.41) is 2.89. The first-order chi connectivity index (χ1) is 11.4. The maximum absolute atomic E-state index is 12.0. The Morgan fingerprint density at radius 2 is 1.83 bits per heavy atom. The SMILES string of the molecule is CC(C)CCNC(=O)c1coc(CN2CCN(CC(C)C)CC2)n1. The molecule has 0 atom stereocenters. The molecule has 1 N–H and O–H groups in total. The van der Waals surface area contributed by atoms with Gasteiger partial charge in [-0.3, -0.25) is 9.69 Å². The molecule has 6 heteroatoms. The van der Waals surface area contributed by atoms with Crippen molar-refractivity contribution < 1.29 is 9.21 Å². The van der Waals surface area contributed by atoms with E-state index in [1.165, 1.54) is 6.26 Å². The number of carbonyl (C=O) groups is 1. The van der Waals surface area contributed by atoms with Crippen molar-refractivity contribution >= 4 is 5.91 Å². The van der Waals surface area contributed by atoms with E-state index < -0.39 is 0 Å². The van der Waals surface area contributed by atoms with Crippen LogP contribution >= 0.6 is 0 Å². The number of amides is 1. The number of piperazine rings is 1. The highest BCUT2D eigenvalue weighted by molar-refractivity contribution is 5.91. The number of rotatable bonds is 8. The molecule has 6 nitrogen and oxygen atoms in total. The minimum absolute atomic E-state index is 0.146. The molecule has 0 unspecified atom stereocenters. The number of hydrogen-bond donors (Lipinski definition) is 1. The largest absolute Gasteiger partial charge is 0.447 e. The highest BCUT2D eigenvalue weighted by Crippen LogP contribution is 2.10. The normalized spacial score (nSPS) is 16.9. The number of nitrogens with one attached hydrogen (secondary N) is 1. The summed E-state index contributed by atoms with van der Waals surface area (Å²) in [6, 6.07) is 0. The molecular formula is C18H32N4O2. The average Bonchev–Trinajstić information content (AvgIpc) is 2.97. The molecule has 1 aliphatic heterocycles. The van der Waals surface area contributed by atoms with Gasteiger partial charge in [0.1, 0.15) is 6.26 Å². The fourth-order valence-corrected chi connectivity index (χ4v) is 2.89. The Morgan fingerprint density at radius 3 is 2.46 bits per heavy atom. The van der Waals surface area contributed by atoms with Gasteiger partial charge in [-0.2, -0.15) is 0 Å². The van der Waals surface area contributed by atoms with E-state index in [1.54, 1.807) is 0 Å². The summed E-state index contributed by atoms with van der Waals surface area (Å²) >= 11 is 0. The predicted octanol–water partition coefficient (Wildman–Crippen LogP) is 2.22. The Labute approximate surface area is 145 Å². The quantitative estimate of drug-likeness (QED) is 0.789. The molecule has 0 saturated carbocycles. The van der Waals surface area contributed by atoms with Crippen LogP contribution in [0, 0.1) is 11.8 Å². The van der Waals surface area contributed by atoms with Gasteiger partial charge in [0.25, 0.3) is 5.91 Å². The molecule has 2 rings (SSSR count). The van der Waals surface area contributed by atoms with E-state index in [-0.39, 0.29) is 5.91 Å². The summed E-state index contributed by atoms with van der Waals surface area (Å²) in [5.74, 6) is 1.77. The summed E-state index contributed by atoms with van der Waals surface area (Å²) in [7, 11) is 0. The molecule has 0 radical (unpaired) electrons. The monoisotopic (exact) mass is 336 g/mol. The molecule has 0 bridgehead atoms. The van der Waals surface area contributed by atoms with E-state index >= 15 is 0 Å². The Morgan fingerprint density at radius 1 is 1.17 bits per heavy atom. The van der Waals surface area contributed by atoms with Crippen molar-refractivity contribution in [3.63, 3.8) is 0 Å². The first-order valence-electron chi connectivity index (χ1n) is 9.11. The molecule has 0 aliphatic carbocycles. The van der Waals surface area contributed by atoms with Crippen molar-refractivity contribution in [2.75, 3.05) is 39.3 Å². The van der Waals surface area contributed by atoms with Crippen LogP contribution in [0.15, 0.2) is 10.7 Å². The Bertz CT molecular complexity index is 505. The van der Waals surface area contributed by atoms with Crippen LogP contribution in [0.1, 0.15) is 50.5 Å². The molecular weight excluding hydrogens is 304 g/mol. The van der Waals surface area contributed by atoms with Crippen molar-refractivity contribution in [3.8, 4) is 0 Å². The van der Waals surface area contributed by atoms with Crippen LogP contribution in [0.2, 0.25) is 0 Å². The van der Waals surface area contributed by atoms with Crippen LogP contribution in [0.3, 0.4) is 0 Å². The highest BCUT2D eigenvalue weighted by Gasteiger charge is 2.20. The molecule has 1 amide bonds. The summed E-state index contributed by atoms with van der Waals surface area (Å²) < 4.78 is 5.48. The third-order valence-corrected chi connectivity index (χ3v) is 4.24. The average molecular weight is 336 g/mol. The van der Waals surface area contributed by atoms with Crippen LogP contribution in [-0.4, -0.2) is 60.0 Å². The van der Waals surface area contributed by atoms with E-state index in [0.29, 0.717) is 36.5 Å². The lowest BCUT2D eigenvalue weighted by atomic mass is 10.1. The smallest absolute Gasteiger partial charge is 0.273 e. The zero-order chi connectivity index (χ0) is 17.5. The topological polar surface area (TPSA) is 61.6 Å². The van der Waals surface area contributed by atoms with Gasteiger partial charge < -0.3 is 14.6 Å². The van der Waals surface area contributed by atoms with Crippen LogP contribution in [0.5, 0.6) is 0 Å². The van der Waals surface area contributed by atoms with Crippen LogP contribution < -0.4 is 5.32 Å². The summed E-state index contributed by atoms with van der Waals surface area (Å²) in [6.07, 6.45) is 2.44. The molecule has 136 valence electrons. The fourth-order valence-electron chi connectivity index (χ4n) is 2.89. The highest BCUT2D eigenvalue weighted by atomic mass is 16.3. The van der Waals surface area contributed by atoms with Gasteiger partial charge in [-0.05, 0) is 18.3 Å². The summed E-state index contributed by atoms with van der Waals surface area (Å²) in [4.78, 5) is 21.2. The van der Waals surface area contributed by atoms with Crippen molar-refractivity contribution in [1.29, 1.82) is 0 Å². The second-order valence-electron chi connectivity index (χ2n) is 7.54. The first-order valence-corrected chi connectivity index (χ1v) is 9.11. The van der Waals surface area contributed by atoms with Crippen molar-refractivity contribution in [1.82, 2.24) is 20.1 Å². The lowest BCUT2D eigenvalue weighted by molar-refractivity contribution is 0.0946. The molecule has 1 aromatic heterocycles. The maximum Gasteiger partial charge on any atom is 0.273 e. The van der Waals surface area contributed by atoms with Gasteiger partial charge in [0.05, 0.1) is 6.54 Å². The maximum atomic E-state index is 12.0. The third kappa shape index (κ3) is 6.24. The van der Waals surface area contributed by atoms with Gasteiger partial charge in [0, 0.05) is 39.3 Å². The second kappa shape index (κ2) is 9.18. The standard InChI is InChI=1S/C18H32N4O2/c1-14(2)5-6-19-18(23)16-13-24-17(20-16)12-22-9-7-21(8-10-22)11-15(3)4/h13-15H,5-12H2,1-4H3,(H,19,23). The van der Waals surface area contributed by atoms with Crippen LogP contribution in [0.4, 0.5) is 0 Å². The second-order valence-corrected chi connectivity index (χ2v) is 7.54. The molecule has 1 fully saturated rings. The van der Waals surface area contributed by atoms with E-state index in [2.05, 4.69) is 47.8 Å². The van der Waals surface area contributed by atoms with Gasteiger partial charge >= 0.3 is 0 Å². The molecule has 0 spiro atoms. The predicted molar refractivity (Wildman–Crippen MR) is 94.8 cm³/mol. The lowest BCUT2D eigenvalue weighted by Crippen LogP contribution is -2.46. The van der Waals surface area contributed by atoms with Gasteiger partial charge in [0.2, 0.25) is 5.89 Å². The fraction of sp³-hybridized carbons (Fsp3) is 0.778. The minimum atomic E-state index is -0.146. The van der Waals surface area contributed by atoms with Gasteiger partial charge in [0.15, 0.2) is 5.69 Å². The molecule has 0 aromatic carbocycles. The van der Waals surface area contributed by atoms with Gasteiger partial charge in [-0.15, -0.1) is 0 Å². The van der Waals surface area contributed by atoms with Crippen molar-refractivity contribution in [2.24, 2.45) is 11.8 Å². The number of oxazole rings is 1. The number of hydrogen-bond acceptors (Lipinski definition) is 5. The number of nitrogens with zero attached hydrogens (tertiary/aromatic N) is 3. The zero-order valence-corrected chi connectivity index (χ0v) is 15.5. The van der Waals surface area contributed by atoms with E-state index in [0.717, 1.165) is 39.1 Å². The Hall–Kier alpha value is -1.40. The number of carbonyl (C=O) groups excluding carboxylic acids is 1. The van der Waals surface area contributed by atoms with E-state index in [1.807, 2.05) is 0 Å². The first kappa shape index (κ1) is 18.9. The Balaban J connectivity index is 1.75. The van der Waals surface area contributed by atoms with Crippen molar-refractivity contribution in [2.45, 2.75) is 40.7 Å². The lowest BCUT2D eigenvalue weighted by Gasteiger charge is -2.34. The molecule has 1 aliphatic rings. The minimum Gasteiger partial charge on any atom is -0.447 e. The van der Waals surface area contributed by atoms with Crippen LogP contribution in [0.25, 0.3) is 0 Å². The van der Waals surface area contributed by atoms with Gasteiger partial charge in [-0.1, -0.05) is 27.7 Å². The third-order valence-electron chi connectivity index (χ3n) is 4.24. The zero-order valence-electron chi connectivity index (χ0n) is 15.5. The number of aromatic nitrogens is 1. The molecule has 2 heterocycles. The van der Waals surface area contributed by atoms with E-state index in [9.17, 15) is 4.79 Å². The van der Waals surface area contributed by atoms with Crippen molar-refractivity contribution in [3.05, 3.63) is 17.8 Å². The van der Waals surface area contributed by atoms with Gasteiger partial charge in [-0.25, -0.2) is 4.98 Å². The molecule has 24 heavy (non-hydrogen) atoms. The Kier molecular flexibility index (Phi) is 7.24. The summed E-state index contributed by atoms with van der Waals surface area (Å²) in [6.45, 7) is 15.5.